The van der Waals surface area contributed by atoms with Crippen molar-refractivity contribution in [1.82, 2.24) is 4.90 Å². The van der Waals surface area contributed by atoms with Gasteiger partial charge in [0.2, 0.25) is 5.91 Å². The third-order valence-corrected chi connectivity index (χ3v) is 4.16. The number of thiophene rings is 1. The van der Waals surface area contributed by atoms with Crippen molar-refractivity contribution in [2.75, 3.05) is 18.9 Å². The van der Waals surface area contributed by atoms with Crippen LogP contribution in [0, 0.1) is 0 Å². The van der Waals surface area contributed by atoms with E-state index in [0.717, 1.165) is 12.1 Å². The van der Waals surface area contributed by atoms with E-state index in [0.29, 0.717) is 17.1 Å². The van der Waals surface area contributed by atoms with Crippen LogP contribution < -0.4 is 11.1 Å². The highest BCUT2D eigenvalue weighted by Gasteiger charge is 2.29. The van der Waals surface area contributed by atoms with Crippen molar-refractivity contribution < 1.29 is 22.8 Å². The van der Waals surface area contributed by atoms with Gasteiger partial charge in [-0.1, -0.05) is 12.1 Å². The molecule has 0 aliphatic carbocycles. The molecule has 9 heteroatoms. The predicted octanol–water partition coefficient (Wildman–Crippen LogP) is 2.94. The van der Waals surface area contributed by atoms with E-state index in [1.165, 1.54) is 29.5 Å². The van der Waals surface area contributed by atoms with E-state index in [9.17, 15) is 22.8 Å². The molecule has 0 fully saturated rings. The summed E-state index contributed by atoms with van der Waals surface area (Å²) in [7, 11) is 1.67. The molecule has 134 valence electrons. The summed E-state index contributed by atoms with van der Waals surface area (Å²) in [6.07, 6.45) is -4.37. The van der Waals surface area contributed by atoms with Crippen LogP contribution in [0.1, 0.15) is 21.5 Å². The van der Waals surface area contributed by atoms with Crippen LogP contribution >= 0.6 is 11.3 Å². The van der Waals surface area contributed by atoms with Gasteiger partial charge in [-0.05, 0) is 36.2 Å². The highest BCUT2D eigenvalue weighted by Crippen LogP contribution is 2.29. The number of primary amides is 1. The number of amides is 2. The number of nitrogens with one attached hydrogen (secondary N) is 1. The molecule has 1 aromatic carbocycles. The van der Waals surface area contributed by atoms with Crippen LogP contribution in [0.5, 0.6) is 0 Å². The Morgan fingerprint density at radius 2 is 1.84 bits per heavy atom. The molecule has 0 saturated carbocycles. The average molecular weight is 371 g/mol. The Bertz CT molecular complexity index is 757. The summed E-state index contributed by atoms with van der Waals surface area (Å²) in [5.74, 6) is -0.978. The quantitative estimate of drug-likeness (QED) is 0.820. The molecule has 3 N–H and O–H groups in total. The second kappa shape index (κ2) is 7.66. The van der Waals surface area contributed by atoms with Crippen LogP contribution in [0.2, 0.25) is 0 Å². The molecule has 25 heavy (non-hydrogen) atoms. The first kappa shape index (κ1) is 18.9. The summed E-state index contributed by atoms with van der Waals surface area (Å²) in [5, 5.41) is 4.62. The number of alkyl halides is 3. The first-order chi connectivity index (χ1) is 11.7. The molecular weight excluding hydrogens is 355 g/mol. The van der Waals surface area contributed by atoms with Gasteiger partial charge in [-0.15, -0.1) is 11.3 Å². The zero-order valence-electron chi connectivity index (χ0n) is 13.3. The Morgan fingerprint density at radius 1 is 1.20 bits per heavy atom. The van der Waals surface area contributed by atoms with Crippen LogP contribution in [-0.2, 0) is 17.5 Å². The van der Waals surface area contributed by atoms with Crippen molar-refractivity contribution in [1.29, 1.82) is 0 Å². The summed E-state index contributed by atoms with van der Waals surface area (Å²) < 4.78 is 37.6. The third-order valence-electron chi connectivity index (χ3n) is 3.33. The molecule has 2 amide bonds. The minimum atomic E-state index is -4.37. The van der Waals surface area contributed by atoms with E-state index in [4.69, 9.17) is 5.73 Å². The smallest absolute Gasteiger partial charge is 0.366 e. The van der Waals surface area contributed by atoms with Crippen LogP contribution in [-0.4, -0.2) is 30.3 Å². The number of benzene rings is 1. The Balaban J connectivity index is 1.91. The number of anilines is 1. The normalized spacial score (nSPS) is 11.6. The third kappa shape index (κ3) is 5.30. The molecule has 1 aromatic heterocycles. The maximum absolute atomic E-state index is 12.5. The molecule has 0 atom stereocenters. The molecule has 0 radical (unpaired) electrons. The standard InChI is InChI=1S/C16H16F3N3O2S/c1-22(8-10-2-4-11(5-3-10)16(17,18)19)9-13(23)21-15-12(14(20)24)6-7-25-15/h2-7H,8-9H2,1H3,(H2,20,24)(H,21,23). The SMILES string of the molecule is CN(CC(=O)Nc1sccc1C(N)=O)Cc1ccc(C(F)(F)F)cc1. The molecule has 0 aliphatic rings. The molecule has 5 nitrogen and oxygen atoms in total. The summed E-state index contributed by atoms with van der Waals surface area (Å²) in [6, 6.07) is 6.29. The second-order valence-electron chi connectivity index (χ2n) is 5.44. The molecule has 0 spiro atoms. The lowest BCUT2D eigenvalue weighted by Gasteiger charge is -2.16. The van der Waals surface area contributed by atoms with Gasteiger partial charge in [0.1, 0.15) is 5.00 Å². The van der Waals surface area contributed by atoms with E-state index >= 15 is 0 Å². The molecular formula is C16H16F3N3O2S. The maximum atomic E-state index is 12.5. The summed E-state index contributed by atoms with van der Waals surface area (Å²) in [4.78, 5) is 24.9. The maximum Gasteiger partial charge on any atom is 0.416 e. The van der Waals surface area contributed by atoms with Crippen LogP contribution in [0.15, 0.2) is 35.7 Å². The number of carbonyl (C=O) groups is 2. The van der Waals surface area contributed by atoms with Gasteiger partial charge in [-0.25, -0.2) is 0 Å². The Kier molecular flexibility index (Phi) is 5.81. The molecule has 2 aromatic rings. The minimum Gasteiger partial charge on any atom is -0.366 e. The lowest BCUT2D eigenvalue weighted by molar-refractivity contribution is -0.137. The Labute approximate surface area is 146 Å². The fourth-order valence-corrected chi connectivity index (χ4v) is 2.99. The lowest BCUT2D eigenvalue weighted by atomic mass is 10.1. The number of hydrogen-bond donors (Lipinski definition) is 2. The second-order valence-corrected chi connectivity index (χ2v) is 6.36. The lowest BCUT2D eigenvalue weighted by Crippen LogP contribution is -2.30. The Hall–Kier alpha value is -2.39. The van der Waals surface area contributed by atoms with Gasteiger partial charge in [0.25, 0.3) is 5.91 Å². The van der Waals surface area contributed by atoms with E-state index < -0.39 is 17.6 Å². The summed E-state index contributed by atoms with van der Waals surface area (Å²) in [6.45, 7) is 0.315. The van der Waals surface area contributed by atoms with Gasteiger partial charge in [-0.3, -0.25) is 14.5 Å². The average Bonchev–Trinajstić information content (AvgIpc) is 2.94. The van der Waals surface area contributed by atoms with Crippen LogP contribution in [0.3, 0.4) is 0 Å². The largest absolute Gasteiger partial charge is 0.416 e. The molecule has 2 rings (SSSR count). The zero-order valence-corrected chi connectivity index (χ0v) is 14.1. The molecule has 0 saturated heterocycles. The van der Waals surface area contributed by atoms with Crippen molar-refractivity contribution in [3.8, 4) is 0 Å². The van der Waals surface area contributed by atoms with Crippen molar-refractivity contribution in [3.05, 3.63) is 52.4 Å². The number of nitrogens with two attached hydrogens (primary N) is 1. The van der Waals surface area contributed by atoms with Crippen molar-refractivity contribution in [2.45, 2.75) is 12.7 Å². The molecule has 0 aliphatic heterocycles. The monoisotopic (exact) mass is 371 g/mol. The minimum absolute atomic E-state index is 0.0110. The predicted molar refractivity (Wildman–Crippen MR) is 89.2 cm³/mol. The van der Waals surface area contributed by atoms with Gasteiger partial charge in [0.15, 0.2) is 0 Å². The summed E-state index contributed by atoms with van der Waals surface area (Å²) >= 11 is 1.18. The van der Waals surface area contributed by atoms with Gasteiger partial charge >= 0.3 is 6.18 Å². The number of carbonyl (C=O) groups excluding carboxylic acids is 2. The van der Waals surface area contributed by atoms with Crippen LogP contribution in [0.4, 0.5) is 18.2 Å². The molecule has 1 heterocycles. The van der Waals surface area contributed by atoms with Gasteiger partial charge in [-0.2, -0.15) is 13.2 Å². The number of nitrogens with zero attached hydrogens (tertiary/aromatic N) is 1. The van der Waals surface area contributed by atoms with Crippen LogP contribution in [0.25, 0.3) is 0 Å². The Morgan fingerprint density at radius 3 is 2.40 bits per heavy atom. The van der Waals surface area contributed by atoms with Crippen molar-refractivity contribution in [2.24, 2.45) is 5.73 Å². The van der Waals surface area contributed by atoms with E-state index in [1.54, 1.807) is 17.3 Å². The topological polar surface area (TPSA) is 75.4 Å². The number of hydrogen-bond acceptors (Lipinski definition) is 4. The number of likely N-dealkylation sites (N-methyl/N-ethyl adjacent to an activating group) is 1. The number of halogens is 3. The van der Waals surface area contributed by atoms with E-state index in [1.807, 2.05) is 0 Å². The zero-order chi connectivity index (χ0) is 18.6. The van der Waals surface area contributed by atoms with E-state index in [-0.39, 0.29) is 18.0 Å². The fourth-order valence-electron chi connectivity index (χ4n) is 2.18. The van der Waals surface area contributed by atoms with Gasteiger partial charge in [0.05, 0.1) is 17.7 Å². The molecule has 0 bridgehead atoms. The van der Waals surface area contributed by atoms with Crippen molar-refractivity contribution in [3.63, 3.8) is 0 Å². The van der Waals surface area contributed by atoms with Gasteiger partial charge < -0.3 is 11.1 Å². The summed E-state index contributed by atoms with van der Waals surface area (Å²) in [5.41, 5.74) is 5.38. The van der Waals surface area contributed by atoms with Gasteiger partial charge in [0, 0.05) is 6.54 Å². The number of rotatable bonds is 6. The first-order valence-electron chi connectivity index (χ1n) is 7.18. The highest BCUT2D eigenvalue weighted by molar-refractivity contribution is 7.14. The highest BCUT2D eigenvalue weighted by atomic mass is 32.1. The first-order valence-corrected chi connectivity index (χ1v) is 8.06. The fraction of sp³-hybridized carbons (Fsp3) is 0.250. The van der Waals surface area contributed by atoms with Crippen molar-refractivity contribution >= 4 is 28.2 Å². The molecule has 0 unspecified atom stereocenters. The van der Waals surface area contributed by atoms with E-state index in [2.05, 4.69) is 5.32 Å².